The Kier molecular flexibility index (Phi) is 6.06. The van der Waals surface area contributed by atoms with E-state index in [1.54, 1.807) is 12.5 Å². The summed E-state index contributed by atoms with van der Waals surface area (Å²) in [6, 6.07) is 7.51. The van der Waals surface area contributed by atoms with Crippen molar-refractivity contribution >= 4 is 57.8 Å². The van der Waals surface area contributed by atoms with E-state index in [-0.39, 0.29) is 33.2 Å². The van der Waals surface area contributed by atoms with E-state index in [0.29, 0.717) is 11.4 Å². The van der Waals surface area contributed by atoms with Gasteiger partial charge in [0.15, 0.2) is 10.8 Å². The first-order valence-corrected chi connectivity index (χ1v) is 9.48. The molecule has 0 aliphatic heterocycles. The number of esters is 1. The fourth-order valence-electron chi connectivity index (χ4n) is 2.19. The molecule has 27 heavy (non-hydrogen) atoms. The summed E-state index contributed by atoms with van der Waals surface area (Å²) in [5.74, 6) is -0.0743. The number of halogens is 3. The molecule has 0 aliphatic carbocycles. The summed E-state index contributed by atoms with van der Waals surface area (Å²) < 4.78 is 10.6. The van der Waals surface area contributed by atoms with Crippen LogP contribution in [0.3, 0.4) is 0 Å². The number of hydrogen-bond acceptors (Lipinski definition) is 7. The number of carbonyl (C=O) groups excluding carboxylic acids is 1. The number of thiazole rings is 1. The van der Waals surface area contributed by atoms with E-state index in [1.165, 1.54) is 11.3 Å². The standard InChI is InChI=1S/C17H12Cl3N3O3S/c1-25-10-5-3-2-4-9(10)16-22-8(7-27-16)6-26-17(24)14-11(18)13(21)12(19)15(20)23-14/h2-5,7H,6H2,1H3,(H2,21,23). The number of nitrogens with zero attached hydrogens (tertiary/aromatic N) is 2. The largest absolute Gasteiger partial charge is 0.496 e. The number of rotatable bonds is 5. The van der Waals surface area contributed by atoms with Crippen molar-refractivity contribution in [1.82, 2.24) is 9.97 Å². The summed E-state index contributed by atoms with van der Waals surface area (Å²) in [6.07, 6.45) is 0. The van der Waals surface area contributed by atoms with Gasteiger partial charge < -0.3 is 15.2 Å². The molecule has 0 saturated heterocycles. The molecule has 3 rings (SSSR count). The minimum absolute atomic E-state index is 0.0147. The molecule has 2 aromatic heterocycles. The van der Waals surface area contributed by atoms with Crippen LogP contribution in [0.2, 0.25) is 15.2 Å². The van der Waals surface area contributed by atoms with Crippen LogP contribution in [0.5, 0.6) is 5.75 Å². The van der Waals surface area contributed by atoms with Crippen LogP contribution >= 0.6 is 46.1 Å². The number of hydrogen-bond donors (Lipinski definition) is 1. The van der Waals surface area contributed by atoms with Crippen molar-refractivity contribution in [2.45, 2.75) is 6.61 Å². The zero-order valence-corrected chi connectivity index (χ0v) is 16.9. The Hall–Kier alpha value is -2.06. The van der Waals surface area contributed by atoms with Gasteiger partial charge in [-0.3, -0.25) is 0 Å². The average molecular weight is 445 g/mol. The van der Waals surface area contributed by atoms with Crippen LogP contribution in [-0.2, 0) is 11.3 Å². The molecular weight excluding hydrogens is 433 g/mol. The summed E-state index contributed by atoms with van der Waals surface area (Å²) in [7, 11) is 1.59. The number of para-hydroxylation sites is 1. The van der Waals surface area contributed by atoms with Crippen molar-refractivity contribution in [2.24, 2.45) is 0 Å². The van der Waals surface area contributed by atoms with Crippen LogP contribution in [0, 0.1) is 0 Å². The third-order valence-corrected chi connectivity index (χ3v) is 5.57. The van der Waals surface area contributed by atoms with E-state index in [9.17, 15) is 4.79 Å². The zero-order chi connectivity index (χ0) is 19.6. The molecule has 0 radical (unpaired) electrons. The van der Waals surface area contributed by atoms with Gasteiger partial charge in [0.2, 0.25) is 0 Å². The van der Waals surface area contributed by atoms with Gasteiger partial charge in [0.1, 0.15) is 22.4 Å². The Bertz CT molecular complexity index is 1010. The Morgan fingerprint density at radius 1 is 1.19 bits per heavy atom. The van der Waals surface area contributed by atoms with E-state index in [2.05, 4.69) is 9.97 Å². The highest BCUT2D eigenvalue weighted by Crippen LogP contribution is 2.35. The second-order valence-electron chi connectivity index (χ2n) is 5.21. The van der Waals surface area contributed by atoms with E-state index >= 15 is 0 Å². The van der Waals surface area contributed by atoms with Gasteiger partial charge in [-0.1, -0.05) is 46.9 Å². The average Bonchev–Trinajstić information content (AvgIpc) is 3.16. The van der Waals surface area contributed by atoms with Gasteiger partial charge in [0.05, 0.1) is 29.1 Å². The monoisotopic (exact) mass is 443 g/mol. The van der Waals surface area contributed by atoms with Crippen LogP contribution in [-0.4, -0.2) is 23.0 Å². The van der Waals surface area contributed by atoms with Gasteiger partial charge in [-0.15, -0.1) is 11.3 Å². The molecule has 0 spiro atoms. The van der Waals surface area contributed by atoms with Crippen molar-refractivity contribution in [1.29, 1.82) is 0 Å². The SMILES string of the molecule is COc1ccccc1-c1nc(COC(=O)c2nc(Cl)c(Cl)c(N)c2Cl)cs1. The summed E-state index contributed by atoms with van der Waals surface area (Å²) in [6.45, 7) is -0.0668. The van der Waals surface area contributed by atoms with E-state index in [4.69, 9.17) is 50.0 Å². The fraction of sp³-hybridized carbons (Fsp3) is 0.118. The second kappa shape index (κ2) is 8.31. The van der Waals surface area contributed by atoms with Gasteiger partial charge in [-0.05, 0) is 12.1 Å². The number of nitrogens with two attached hydrogens (primary N) is 1. The molecule has 140 valence electrons. The number of ether oxygens (including phenoxy) is 2. The molecule has 0 unspecified atom stereocenters. The lowest BCUT2D eigenvalue weighted by molar-refractivity contribution is 0.0462. The van der Waals surface area contributed by atoms with Gasteiger partial charge in [0, 0.05) is 5.38 Å². The van der Waals surface area contributed by atoms with Crippen LogP contribution < -0.4 is 10.5 Å². The number of pyridine rings is 1. The highest BCUT2D eigenvalue weighted by molar-refractivity contribution is 7.13. The van der Waals surface area contributed by atoms with Crippen LogP contribution in [0.1, 0.15) is 16.2 Å². The first-order valence-electron chi connectivity index (χ1n) is 7.47. The molecule has 3 aromatic rings. The Balaban J connectivity index is 1.75. The fourth-order valence-corrected chi connectivity index (χ4v) is 3.61. The highest BCUT2D eigenvalue weighted by Gasteiger charge is 2.21. The molecule has 0 fully saturated rings. The molecule has 10 heteroatoms. The van der Waals surface area contributed by atoms with Crippen LogP contribution in [0.15, 0.2) is 29.6 Å². The predicted octanol–water partition coefficient (Wildman–Crippen LogP) is 5.11. The molecule has 0 bridgehead atoms. The maximum Gasteiger partial charge on any atom is 0.359 e. The van der Waals surface area contributed by atoms with E-state index in [0.717, 1.165) is 10.6 Å². The van der Waals surface area contributed by atoms with Crippen LogP contribution in [0.4, 0.5) is 5.69 Å². The van der Waals surface area contributed by atoms with E-state index < -0.39 is 5.97 Å². The van der Waals surface area contributed by atoms with Gasteiger partial charge in [-0.2, -0.15) is 0 Å². The quantitative estimate of drug-likeness (QED) is 0.434. The number of benzene rings is 1. The lowest BCUT2D eigenvalue weighted by Crippen LogP contribution is -2.10. The minimum atomic E-state index is -0.780. The molecular formula is C17H12Cl3N3O3S. The Morgan fingerprint density at radius 2 is 1.93 bits per heavy atom. The van der Waals surface area contributed by atoms with Gasteiger partial charge >= 0.3 is 5.97 Å². The lowest BCUT2D eigenvalue weighted by atomic mass is 10.2. The van der Waals surface area contributed by atoms with Crippen molar-refractivity contribution in [3.8, 4) is 16.3 Å². The second-order valence-corrected chi connectivity index (χ2v) is 7.19. The highest BCUT2D eigenvalue weighted by atomic mass is 35.5. The molecule has 1 aromatic carbocycles. The smallest absolute Gasteiger partial charge is 0.359 e. The molecule has 0 amide bonds. The lowest BCUT2D eigenvalue weighted by Gasteiger charge is -2.08. The van der Waals surface area contributed by atoms with Crippen molar-refractivity contribution in [3.05, 3.63) is 56.2 Å². The minimum Gasteiger partial charge on any atom is -0.496 e. The molecule has 0 atom stereocenters. The number of anilines is 1. The molecule has 6 nitrogen and oxygen atoms in total. The molecule has 2 heterocycles. The summed E-state index contributed by atoms with van der Waals surface area (Å²) in [4.78, 5) is 20.6. The van der Waals surface area contributed by atoms with Gasteiger partial charge in [-0.25, -0.2) is 14.8 Å². The summed E-state index contributed by atoms with van der Waals surface area (Å²) in [5, 5.41) is 2.28. The summed E-state index contributed by atoms with van der Waals surface area (Å²) in [5.41, 5.74) is 6.89. The van der Waals surface area contributed by atoms with Crippen molar-refractivity contribution in [3.63, 3.8) is 0 Å². The molecule has 0 aliphatic rings. The Morgan fingerprint density at radius 3 is 2.67 bits per heavy atom. The maximum absolute atomic E-state index is 12.3. The zero-order valence-electron chi connectivity index (χ0n) is 13.8. The number of aromatic nitrogens is 2. The topological polar surface area (TPSA) is 87.3 Å². The number of methoxy groups -OCH3 is 1. The predicted molar refractivity (Wildman–Crippen MR) is 107 cm³/mol. The summed E-state index contributed by atoms with van der Waals surface area (Å²) >= 11 is 19.1. The van der Waals surface area contributed by atoms with E-state index in [1.807, 2.05) is 24.3 Å². The van der Waals surface area contributed by atoms with Crippen molar-refractivity contribution < 1.29 is 14.3 Å². The van der Waals surface area contributed by atoms with Crippen LogP contribution in [0.25, 0.3) is 10.6 Å². The third kappa shape index (κ3) is 4.11. The molecule has 0 saturated carbocycles. The Labute approximate surface area is 173 Å². The number of carbonyl (C=O) groups is 1. The third-order valence-electron chi connectivity index (χ3n) is 3.51. The van der Waals surface area contributed by atoms with Gasteiger partial charge in [0.25, 0.3) is 0 Å². The number of nitrogen functional groups attached to an aromatic ring is 1. The molecule has 2 N–H and O–H groups in total. The normalized spacial score (nSPS) is 10.7. The first kappa shape index (κ1) is 19.7. The first-order chi connectivity index (χ1) is 12.9. The van der Waals surface area contributed by atoms with Crippen molar-refractivity contribution in [2.75, 3.05) is 12.8 Å². The maximum atomic E-state index is 12.3.